The topological polar surface area (TPSA) is 64.5 Å². The van der Waals surface area contributed by atoms with Crippen LogP contribution < -0.4 is 0 Å². The van der Waals surface area contributed by atoms with Gasteiger partial charge in [0.2, 0.25) is 0 Å². The average Bonchev–Trinajstić information content (AvgIpc) is 3.58. The van der Waals surface area contributed by atoms with E-state index in [-0.39, 0.29) is 5.41 Å². The average molecular weight is 782 g/mol. The molecule has 288 valence electrons. The first-order valence-corrected chi connectivity index (χ1v) is 20.7. The van der Waals surface area contributed by atoms with Gasteiger partial charge in [-0.05, 0) is 62.4 Å². The first-order valence-electron chi connectivity index (χ1n) is 20.7. The van der Waals surface area contributed by atoms with Crippen LogP contribution in [0.1, 0.15) is 25.0 Å². The van der Waals surface area contributed by atoms with E-state index in [1.54, 1.807) is 0 Å². The van der Waals surface area contributed by atoms with Crippen molar-refractivity contribution in [2.24, 2.45) is 0 Å². The van der Waals surface area contributed by atoms with Gasteiger partial charge in [0.1, 0.15) is 0 Å². The highest BCUT2D eigenvalue weighted by molar-refractivity contribution is 6.06. The zero-order valence-electron chi connectivity index (χ0n) is 33.8. The standard InChI is InChI=1S/C56H39N5/c1-56(2)46-30-16-29-45(51(46)50-44-28-13-12-17-36(44)31-32-47(50)56)55-57-48(37-18-6-3-7-19-37)35-49(58-55)42-26-14-24-40(33-42)41-25-15-27-43(34-41)54-60-52(38-20-8-4-9-21-38)59-53(61-54)39-22-10-5-11-23-39/h3-35H,1-2H3. The van der Waals surface area contributed by atoms with E-state index in [0.717, 1.165) is 55.9 Å². The molecule has 1 aliphatic rings. The van der Waals surface area contributed by atoms with Crippen molar-refractivity contribution in [2.45, 2.75) is 19.3 Å². The number of fused-ring (bicyclic) bond motifs is 5. The van der Waals surface area contributed by atoms with Crippen molar-refractivity contribution in [1.82, 2.24) is 24.9 Å². The molecule has 0 atom stereocenters. The van der Waals surface area contributed by atoms with Gasteiger partial charge in [-0.2, -0.15) is 0 Å². The van der Waals surface area contributed by atoms with Gasteiger partial charge >= 0.3 is 0 Å². The maximum absolute atomic E-state index is 5.42. The van der Waals surface area contributed by atoms with Crippen LogP contribution in [-0.2, 0) is 5.41 Å². The van der Waals surface area contributed by atoms with Gasteiger partial charge in [-0.25, -0.2) is 24.9 Å². The van der Waals surface area contributed by atoms with Crippen LogP contribution in [0, 0.1) is 0 Å². The summed E-state index contributed by atoms with van der Waals surface area (Å²) in [5.41, 5.74) is 14.6. The van der Waals surface area contributed by atoms with Gasteiger partial charge in [-0.15, -0.1) is 0 Å². The molecule has 5 heteroatoms. The number of aromatic nitrogens is 5. The Bertz CT molecular complexity index is 3210. The molecule has 0 fully saturated rings. The molecule has 8 aromatic carbocycles. The second-order valence-electron chi connectivity index (χ2n) is 16.1. The SMILES string of the molecule is CC1(C)c2cccc(-c3nc(-c4ccccc4)cc(-c4cccc(-c5cccc(-c6nc(-c7ccccc7)nc(-c7ccccc7)n6)c5)c4)n3)c2-c2c1ccc1ccccc21. The second-order valence-corrected chi connectivity index (χ2v) is 16.1. The maximum atomic E-state index is 5.42. The Hall–Kier alpha value is -7.89. The molecule has 0 saturated carbocycles. The third kappa shape index (κ3) is 6.48. The van der Waals surface area contributed by atoms with E-state index in [2.05, 4.69) is 147 Å². The van der Waals surface area contributed by atoms with Gasteiger partial charge in [0, 0.05) is 38.8 Å². The summed E-state index contributed by atoms with van der Waals surface area (Å²) in [6.07, 6.45) is 0. The first-order chi connectivity index (χ1) is 30.0. The third-order valence-corrected chi connectivity index (χ3v) is 11.9. The molecule has 2 aromatic heterocycles. The molecule has 0 spiro atoms. The number of hydrogen-bond acceptors (Lipinski definition) is 5. The Morgan fingerprint density at radius 3 is 1.44 bits per heavy atom. The van der Waals surface area contributed by atoms with E-state index in [1.807, 2.05) is 66.7 Å². The normalized spacial score (nSPS) is 12.6. The summed E-state index contributed by atoms with van der Waals surface area (Å²) in [6.45, 7) is 4.66. The maximum Gasteiger partial charge on any atom is 0.164 e. The van der Waals surface area contributed by atoms with Crippen LogP contribution in [0.25, 0.3) is 101 Å². The molecule has 0 unspecified atom stereocenters. The van der Waals surface area contributed by atoms with Crippen LogP contribution in [0.5, 0.6) is 0 Å². The summed E-state index contributed by atoms with van der Waals surface area (Å²) < 4.78 is 0. The van der Waals surface area contributed by atoms with Gasteiger partial charge in [0.25, 0.3) is 0 Å². The lowest BCUT2D eigenvalue weighted by Gasteiger charge is -2.21. The van der Waals surface area contributed by atoms with Crippen LogP contribution in [0.2, 0.25) is 0 Å². The van der Waals surface area contributed by atoms with E-state index in [1.165, 1.54) is 33.0 Å². The van der Waals surface area contributed by atoms with Crippen molar-refractivity contribution < 1.29 is 0 Å². The number of benzene rings is 8. The summed E-state index contributed by atoms with van der Waals surface area (Å²) in [5, 5.41) is 2.47. The highest BCUT2D eigenvalue weighted by Crippen LogP contribution is 2.54. The highest BCUT2D eigenvalue weighted by Gasteiger charge is 2.38. The first kappa shape index (κ1) is 36.2. The van der Waals surface area contributed by atoms with E-state index >= 15 is 0 Å². The minimum atomic E-state index is -0.180. The van der Waals surface area contributed by atoms with Crippen molar-refractivity contribution in [2.75, 3.05) is 0 Å². The van der Waals surface area contributed by atoms with E-state index in [0.29, 0.717) is 23.3 Å². The molecule has 0 aliphatic heterocycles. The molecule has 0 radical (unpaired) electrons. The van der Waals surface area contributed by atoms with Gasteiger partial charge in [-0.3, -0.25) is 0 Å². The van der Waals surface area contributed by atoms with Gasteiger partial charge in [0.15, 0.2) is 23.3 Å². The lowest BCUT2D eigenvalue weighted by molar-refractivity contribution is 0.661. The summed E-state index contributed by atoms with van der Waals surface area (Å²) in [4.78, 5) is 25.7. The number of nitrogens with zero attached hydrogens (tertiary/aromatic N) is 5. The molecule has 5 nitrogen and oxygen atoms in total. The number of rotatable bonds is 7. The summed E-state index contributed by atoms with van der Waals surface area (Å²) >= 11 is 0. The van der Waals surface area contributed by atoms with Gasteiger partial charge < -0.3 is 0 Å². The molecule has 0 amide bonds. The third-order valence-electron chi connectivity index (χ3n) is 11.9. The molecule has 10 aromatic rings. The smallest absolute Gasteiger partial charge is 0.164 e. The predicted molar refractivity (Wildman–Crippen MR) is 249 cm³/mol. The molecular weight excluding hydrogens is 743 g/mol. The van der Waals surface area contributed by atoms with Crippen LogP contribution in [0.15, 0.2) is 200 Å². The van der Waals surface area contributed by atoms with Gasteiger partial charge in [0.05, 0.1) is 11.4 Å². The summed E-state index contributed by atoms with van der Waals surface area (Å²) in [7, 11) is 0. The fraction of sp³-hybridized carbons (Fsp3) is 0.0536. The van der Waals surface area contributed by atoms with Crippen molar-refractivity contribution in [3.05, 3.63) is 211 Å². The largest absolute Gasteiger partial charge is 0.228 e. The van der Waals surface area contributed by atoms with Crippen molar-refractivity contribution >= 4 is 10.8 Å². The van der Waals surface area contributed by atoms with Crippen molar-refractivity contribution in [1.29, 1.82) is 0 Å². The lowest BCUT2D eigenvalue weighted by atomic mass is 9.82. The van der Waals surface area contributed by atoms with Crippen molar-refractivity contribution in [3.8, 4) is 90.3 Å². The Kier molecular flexibility index (Phi) is 8.75. The monoisotopic (exact) mass is 781 g/mol. The Labute approximate surface area is 355 Å². The van der Waals surface area contributed by atoms with Crippen LogP contribution in [0.4, 0.5) is 0 Å². The fourth-order valence-corrected chi connectivity index (χ4v) is 8.84. The fourth-order valence-electron chi connectivity index (χ4n) is 8.84. The van der Waals surface area contributed by atoms with E-state index in [9.17, 15) is 0 Å². The summed E-state index contributed by atoms with van der Waals surface area (Å²) in [5.74, 6) is 2.59. The van der Waals surface area contributed by atoms with Crippen LogP contribution in [0.3, 0.4) is 0 Å². The van der Waals surface area contributed by atoms with Crippen LogP contribution in [-0.4, -0.2) is 24.9 Å². The molecule has 11 rings (SSSR count). The predicted octanol–water partition coefficient (Wildman–Crippen LogP) is 13.8. The Morgan fingerprint density at radius 1 is 0.311 bits per heavy atom. The molecule has 0 N–H and O–H groups in total. The minimum absolute atomic E-state index is 0.180. The Balaban J connectivity index is 1.04. The molecule has 0 bridgehead atoms. The number of hydrogen-bond donors (Lipinski definition) is 0. The molecule has 2 heterocycles. The van der Waals surface area contributed by atoms with Gasteiger partial charge in [-0.1, -0.05) is 196 Å². The molecular formula is C56H39N5. The summed E-state index contributed by atoms with van der Waals surface area (Å²) in [6, 6.07) is 69.6. The Morgan fingerprint density at radius 2 is 0.787 bits per heavy atom. The zero-order chi connectivity index (χ0) is 40.9. The van der Waals surface area contributed by atoms with Crippen molar-refractivity contribution in [3.63, 3.8) is 0 Å². The minimum Gasteiger partial charge on any atom is -0.228 e. The quantitative estimate of drug-likeness (QED) is 0.161. The molecule has 0 saturated heterocycles. The zero-order valence-corrected chi connectivity index (χ0v) is 33.8. The second kappa shape index (κ2) is 14.7. The lowest BCUT2D eigenvalue weighted by Crippen LogP contribution is -2.14. The molecule has 61 heavy (non-hydrogen) atoms. The van der Waals surface area contributed by atoms with Crippen LogP contribution >= 0.6 is 0 Å². The molecule has 1 aliphatic carbocycles. The highest BCUT2D eigenvalue weighted by atomic mass is 15.0. The van der Waals surface area contributed by atoms with E-state index < -0.39 is 0 Å². The van der Waals surface area contributed by atoms with E-state index in [4.69, 9.17) is 24.9 Å².